The van der Waals surface area contributed by atoms with Crippen LogP contribution in [0.1, 0.15) is 79.4 Å². The maximum absolute atomic E-state index is 10.9. The van der Waals surface area contributed by atoms with Gasteiger partial charge in [-0.3, -0.25) is 4.79 Å². The molecule has 0 saturated carbocycles. The highest BCUT2D eigenvalue weighted by molar-refractivity contribution is 5.71. The molecule has 3 rings (SSSR count). The van der Waals surface area contributed by atoms with E-state index in [-0.39, 0.29) is 29.5 Å². The van der Waals surface area contributed by atoms with Crippen molar-refractivity contribution in [3.05, 3.63) is 59.7 Å². The Morgan fingerprint density at radius 3 is 1.71 bits per heavy atom. The van der Waals surface area contributed by atoms with Crippen LogP contribution in [-0.4, -0.2) is 24.3 Å². The Labute approximate surface area is 188 Å². The highest BCUT2D eigenvalue weighted by Gasteiger charge is 2.27. The van der Waals surface area contributed by atoms with Gasteiger partial charge in [0, 0.05) is 17.0 Å². The summed E-state index contributed by atoms with van der Waals surface area (Å²) in [7, 11) is 0. The monoisotopic (exact) mass is 428 g/mol. The number of carbonyl (C=O) groups excluding carboxylic acids is 1. The normalized spacial score (nSPS) is 12.5. The molecule has 0 N–H and O–H groups in total. The van der Waals surface area contributed by atoms with Gasteiger partial charge < -0.3 is 14.2 Å². The van der Waals surface area contributed by atoms with E-state index in [0.29, 0.717) is 6.61 Å². The number of fused-ring (bicyclic) bond motifs is 2. The Bertz CT molecular complexity index is 757. The molecule has 0 fully saturated rings. The molecule has 0 saturated heterocycles. The molecule has 172 valence electrons. The third kappa shape index (κ3) is 8.74. The van der Waals surface area contributed by atoms with Crippen molar-refractivity contribution in [2.45, 2.75) is 79.9 Å². The van der Waals surface area contributed by atoms with Gasteiger partial charge in [0.15, 0.2) is 0 Å². The largest absolute Gasteiger partial charge is 0.460 e. The van der Waals surface area contributed by atoms with Crippen molar-refractivity contribution >= 4 is 5.97 Å². The molecule has 31 heavy (non-hydrogen) atoms. The summed E-state index contributed by atoms with van der Waals surface area (Å²) < 4.78 is 16.9. The molecule has 0 bridgehead atoms. The molecule has 0 unspecified atom stereocenters. The van der Waals surface area contributed by atoms with Crippen LogP contribution in [0.3, 0.4) is 0 Å². The van der Waals surface area contributed by atoms with Crippen LogP contribution in [0.2, 0.25) is 0 Å². The minimum atomic E-state index is -0.346. The van der Waals surface area contributed by atoms with Gasteiger partial charge in [0.2, 0.25) is 0 Å². The predicted octanol–water partition coefficient (Wildman–Crippen LogP) is 7.36. The van der Waals surface area contributed by atoms with Gasteiger partial charge in [0.25, 0.3) is 0 Å². The number of hydrogen-bond acceptors (Lipinski definition) is 4. The van der Waals surface area contributed by atoms with E-state index in [0.717, 1.165) is 11.5 Å². The summed E-state index contributed by atoms with van der Waals surface area (Å²) in [6, 6.07) is 16.4. The molecular weight excluding hydrogens is 388 g/mol. The number of ether oxygens (including phenoxy) is 3. The maximum atomic E-state index is 10.9. The van der Waals surface area contributed by atoms with Crippen molar-refractivity contribution in [2.24, 2.45) is 5.92 Å². The number of hydrogen-bond donors (Lipinski definition) is 0. The first kappa shape index (κ1) is 26.7. The van der Waals surface area contributed by atoms with Crippen molar-refractivity contribution in [3.63, 3.8) is 0 Å². The molecular formula is C27H40O4. The quantitative estimate of drug-likeness (QED) is 0.477. The first-order valence-corrected chi connectivity index (χ1v) is 11.3. The van der Waals surface area contributed by atoms with Gasteiger partial charge in [0.1, 0.15) is 17.1 Å². The topological polar surface area (TPSA) is 44.8 Å². The second kappa shape index (κ2) is 12.5. The van der Waals surface area contributed by atoms with E-state index in [4.69, 9.17) is 14.2 Å². The Balaban J connectivity index is 0.000000343. The highest BCUT2D eigenvalue weighted by Crippen LogP contribution is 2.43. The van der Waals surface area contributed by atoms with Crippen LogP contribution in [0.25, 0.3) is 0 Å². The summed E-state index contributed by atoms with van der Waals surface area (Å²) in [5, 5.41) is 0. The minimum absolute atomic E-state index is 0.0285. The van der Waals surface area contributed by atoms with Gasteiger partial charge in [0.05, 0.1) is 18.6 Å². The zero-order valence-corrected chi connectivity index (χ0v) is 20.7. The summed E-state index contributed by atoms with van der Waals surface area (Å²) in [4.78, 5) is 10.9. The van der Waals surface area contributed by atoms with Crippen molar-refractivity contribution in [3.8, 4) is 11.5 Å². The highest BCUT2D eigenvalue weighted by atomic mass is 16.6. The lowest BCUT2D eigenvalue weighted by Gasteiger charge is -2.28. The van der Waals surface area contributed by atoms with E-state index < -0.39 is 0 Å². The first-order chi connectivity index (χ1) is 14.6. The summed E-state index contributed by atoms with van der Waals surface area (Å²) in [5.41, 5.74) is 2.07. The number of para-hydroxylation sites is 2. The second-order valence-corrected chi connectivity index (χ2v) is 8.80. The second-order valence-electron chi connectivity index (χ2n) is 8.80. The van der Waals surface area contributed by atoms with E-state index in [2.05, 4.69) is 38.1 Å². The van der Waals surface area contributed by atoms with E-state index in [1.165, 1.54) is 11.1 Å². The lowest BCUT2D eigenvalue weighted by molar-refractivity contribution is -0.158. The van der Waals surface area contributed by atoms with Crippen LogP contribution in [0.15, 0.2) is 48.5 Å². The van der Waals surface area contributed by atoms with E-state index in [1.807, 2.05) is 72.7 Å². The van der Waals surface area contributed by atoms with Crippen LogP contribution in [0, 0.1) is 5.92 Å². The van der Waals surface area contributed by atoms with E-state index in [1.54, 1.807) is 0 Å². The molecule has 2 aromatic rings. The Hall–Kier alpha value is -2.33. The molecule has 1 aliphatic rings. The summed E-state index contributed by atoms with van der Waals surface area (Å²) in [6.45, 7) is 18.1. The average molecular weight is 429 g/mol. The molecule has 1 aliphatic heterocycles. The summed E-state index contributed by atoms with van der Waals surface area (Å²) >= 11 is 0. The number of rotatable bonds is 4. The SMILES string of the molecule is CC.CC(C)C(=O)OC(C)(C)C.CC(C)OCC1c2ccccc2Oc2ccccc21. The third-order valence-electron chi connectivity index (χ3n) is 4.28. The van der Waals surface area contributed by atoms with Crippen LogP contribution < -0.4 is 4.74 Å². The fourth-order valence-electron chi connectivity index (χ4n) is 2.90. The average Bonchev–Trinajstić information content (AvgIpc) is 2.71. The maximum Gasteiger partial charge on any atom is 0.308 e. The fraction of sp³-hybridized carbons (Fsp3) is 0.519. The molecule has 0 radical (unpaired) electrons. The van der Waals surface area contributed by atoms with Gasteiger partial charge in [-0.1, -0.05) is 64.1 Å². The number of esters is 1. The molecule has 2 aromatic carbocycles. The standard InChI is InChI=1S/C17H18O2.C8H16O2.C2H6/c1-12(2)18-11-15-13-7-3-5-9-16(13)19-17-10-6-4-8-14(15)17;1-6(2)7(9)10-8(3,4)5;1-2/h3-10,12,15H,11H2,1-2H3;6H,1-5H3;1-2H3. The van der Waals surface area contributed by atoms with Crippen LogP contribution in [0.5, 0.6) is 11.5 Å². The molecule has 0 amide bonds. The van der Waals surface area contributed by atoms with Crippen LogP contribution >= 0.6 is 0 Å². The molecule has 0 aromatic heterocycles. The number of carbonyl (C=O) groups is 1. The molecule has 4 nitrogen and oxygen atoms in total. The number of benzene rings is 2. The molecule has 4 heteroatoms. The molecule has 0 atom stereocenters. The van der Waals surface area contributed by atoms with Gasteiger partial charge in [-0.2, -0.15) is 0 Å². The lowest BCUT2D eigenvalue weighted by Crippen LogP contribution is -2.26. The Morgan fingerprint density at radius 2 is 1.35 bits per heavy atom. The van der Waals surface area contributed by atoms with Crippen LogP contribution in [-0.2, 0) is 14.3 Å². The lowest BCUT2D eigenvalue weighted by atomic mass is 9.88. The van der Waals surface area contributed by atoms with Gasteiger partial charge in [-0.15, -0.1) is 0 Å². The summed E-state index contributed by atoms with van der Waals surface area (Å²) in [5.74, 6) is 1.98. The van der Waals surface area contributed by atoms with Gasteiger partial charge in [-0.25, -0.2) is 0 Å². The van der Waals surface area contributed by atoms with Crippen molar-refractivity contribution < 1.29 is 19.0 Å². The first-order valence-electron chi connectivity index (χ1n) is 11.3. The Morgan fingerprint density at radius 1 is 0.903 bits per heavy atom. The van der Waals surface area contributed by atoms with Gasteiger partial charge >= 0.3 is 5.97 Å². The van der Waals surface area contributed by atoms with Crippen molar-refractivity contribution in [1.82, 2.24) is 0 Å². The Kier molecular flexibility index (Phi) is 10.8. The van der Waals surface area contributed by atoms with Crippen molar-refractivity contribution in [1.29, 1.82) is 0 Å². The van der Waals surface area contributed by atoms with E-state index >= 15 is 0 Å². The fourth-order valence-corrected chi connectivity index (χ4v) is 2.90. The summed E-state index contributed by atoms with van der Waals surface area (Å²) in [6.07, 6.45) is 0.238. The predicted molar refractivity (Wildman–Crippen MR) is 128 cm³/mol. The third-order valence-corrected chi connectivity index (χ3v) is 4.28. The smallest absolute Gasteiger partial charge is 0.308 e. The molecule has 0 aliphatic carbocycles. The van der Waals surface area contributed by atoms with Gasteiger partial charge in [-0.05, 0) is 46.8 Å². The zero-order valence-electron chi connectivity index (χ0n) is 20.7. The van der Waals surface area contributed by atoms with E-state index in [9.17, 15) is 4.79 Å². The molecule has 0 spiro atoms. The minimum Gasteiger partial charge on any atom is -0.460 e. The molecule has 1 heterocycles. The van der Waals surface area contributed by atoms with Crippen molar-refractivity contribution in [2.75, 3.05) is 6.61 Å². The van der Waals surface area contributed by atoms with Crippen LogP contribution in [0.4, 0.5) is 0 Å². The zero-order chi connectivity index (χ0) is 23.6.